The van der Waals surface area contributed by atoms with Crippen LogP contribution in [0.5, 0.6) is 0 Å². The summed E-state index contributed by atoms with van der Waals surface area (Å²) in [6, 6.07) is 0. The van der Waals surface area contributed by atoms with Gasteiger partial charge in [0.15, 0.2) is 0 Å². The van der Waals surface area contributed by atoms with E-state index in [1.807, 2.05) is 0 Å². The van der Waals surface area contributed by atoms with E-state index in [0.29, 0.717) is 0 Å². The second kappa shape index (κ2) is 32.6. The van der Waals surface area contributed by atoms with Crippen molar-refractivity contribution in [2.75, 3.05) is 0 Å². The van der Waals surface area contributed by atoms with Gasteiger partial charge in [-0.15, -0.1) is 0 Å². The Kier molecular flexibility index (Phi) is 51.9. The Balaban J connectivity index is -0.0000000570. The molecule has 0 amide bonds. The molecular weight excluding hydrogens is 461 g/mol. The normalized spacial score (nSPS) is 9.00. The molecule has 0 aromatic carbocycles. The molecule has 0 unspecified atom stereocenters. The first kappa shape index (κ1) is 33.4. The molecule has 1 radical (unpaired) electrons. The van der Waals surface area contributed by atoms with Gasteiger partial charge in [-0.2, -0.15) is 0 Å². The van der Waals surface area contributed by atoms with Crippen LogP contribution in [0.25, 0.3) is 0 Å². The van der Waals surface area contributed by atoms with E-state index in [1.165, 1.54) is 0 Å². The molecule has 0 spiro atoms. The van der Waals surface area contributed by atoms with Crippen LogP contribution < -0.4 is 0 Å². The van der Waals surface area contributed by atoms with Gasteiger partial charge in [0.25, 0.3) is 0 Å². The van der Waals surface area contributed by atoms with E-state index in [2.05, 4.69) is 19.1 Å². The van der Waals surface area contributed by atoms with Gasteiger partial charge in [-0.25, -0.2) is 0 Å². The molecule has 0 fully saturated rings. The van der Waals surface area contributed by atoms with Crippen LogP contribution in [0, 0.1) is 6.58 Å². The third kappa shape index (κ3) is 220. The van der Waals surface area contributed by atoms with Crippen molar-refractivity contribution in [2.45, 2.75) is 26.2 Å². The molecular formula is C8H16F9P3Ru+3. The van der Waals surface area contributed by atoms with E-state index in [0.717, 1.165) is 19.3 Å². The van der Waals surface area contributed by atoms with E-state index in [1.54, 1.807) is 6.08 Å². The van der Waals surface area contributed by atoms with Gasteiger partial charge in [0, 0.05) is 37.8 Å². The number of allylic oxidation sites excluding steroid dienone is 3. The summed E-state index contributed by atoms with van der Waals surface area (Å²) in [5, 5.41) is 0. The molecule has 0 nitrogen and oxygen atoms in total. The molecule has 0 aromatic rings. The predicted octanol–water partition coefficient (Wildman–Crippen LogP) is 8.28. The van der Waals surface area contributed by atoms with Crippen LogP contribution in [-0.2, 0) is 19.5 Å². The molecule has 0 saturated heterocycles. The Morgan fingerprint density at radius 1 is 0.714 bits per heavy atom. The fourth-order valence-corrected chi connectivity index (χ4v) is 0.477. The zero-order chi connectivity index (χ0) is 17.0. The summed E-state index contributed by atoms with van der Waals surface area (Å²) in [5.74, 6) is 0. The van der Waals surface area contributed by atoms with Crippen molar-refractivity contribution in [3.8, 4) is 0 Å². The minimum Gasteiger partial charge on any atom is -0.518 e. The van der Waals surface area contributed by atoms with Gasteiger partial charge in [0.05, 0.1) is 0 Å². The topological polar surface area (TPSA) is 0 Å². The number of rotatable bonds is 4. The molecule has 0 aliphatic carbocycles. The van der Waals surface area contributed by atoms with Crippen molar-refractivity contribution < 1.29 is 57.3 Å². The Morgan fingerprint density at radius 2 is 1.00 bits per heavy atom. The van der Waals surface area contributed by atoms with Crippen molar-refractivity contribution in [1.82, 2.24) is 0 Å². The zero-order valence-electron chi connectivity index (χ0n) is 10.7. The minimum absolute atomic E-state index is 0. The Bertz CT molecular complexity index is 173. The van der Waals surface area contributed by atoms with Crippen LogP contribution in [0.3, 0.4) is 0 Å². The van der Waals surface area contributed by atoms with E-state index in [-0.39, 0.29) is 19.5 Å². The van der Waals surface area contributed by atoms with E-state index >= 15 is 0 Å². The van der Waals surface area contributed by atoms with Crippen LogP contribution in [0.2, 0.25) is 0 Å². The quantitative estimate of drug-likeness (QED) is 0.0955. The zero-order valence-corrected chi connectivity index (χ0v) is 15.4. The maximum absolute atomic E-state index is 9.77. The SMILES string of the molecule is F[PH+](F)F.F[PH+](F)F.F[PH+](F)F.[CH-]=CCCC=CCC.[Ru+]. The van der Waals surface area contributed by atoms with Crippen molar-refractivity contribution in [1.29, 1.82) is 0 Å². The fraction of sp³-hybridized carbons (Fsp3) is 0.500. The molecule has 0 bridgehead atoms. The van der Waals surface area contributed by atoms with Crippen LogP contribution in [0.4, 0.5) is 37.8 Å². The molecule has 0 N–H and O–H groups in total. The first-order valence-corrected chi connectivity index (χ1v) is 8.20. The number of hydrogen-bond acceptors (Lipinski definition) is 0. The van der Waals surface area contributed by atoms with Gasteiger partial charge in [-0.05, 0) is 12.8 Å². The second-order valence-electron chi connectivity index (χ2n) is 2.34. The molecule has 0 heterocycles. The average Bonchev–Trinajstić information content (AvgIpc) is 2.22. The summed E-state index contributed by atoms with van der Waals surface area (Å²) in [4.78, 5) is 0. The van der Waals surface area contributed by atoms with Crippen molar-refractivity contribution in [3.63, 3.8) is 0 Å². The molecule has 0 aromatic heterocycles. The summed E-state index contributed by atoms with van der Waals surface area (Å²) < 4.78 is 87.9. The van der Waals surface area contributed by atoms with Gasteiger partial charge in [-0.3, -0.25) is 6.08 Å². The van der Waals surface area contributed by atoms with Gasteiger partial charge in [-0.1, -0.05) is 25.5 Å². The molecule has 131 valence electrons. The predicted molar refractivity (Wildman–Crippen MR) is 72.5 cm³/mol. The largest absolute Gasteiger partial charge is 1.00 e. The molecule has 0 aliphatic rings. The van der Waals surface area contributed by atoms with Gasteiger partial charge in [0.1, 0.15) is 0 Å². The third-order valence-corrected chi connectivity index (χ3v) is 0.902. The number of halogens is 9. The van der Waals surface area contributed by atoms with Crippen molar-refractivity contribution in [3.05, 3.63) is 24.8 Å². The fourth-order valence-electron chi connectivity index (χ4n) is 0.477. The van der Waals surface area contributed by atoms with E-state index in [4.69, 9.17) is 6.58 Å². The maximum Gasteiger partial charge on any atom is 1.00 e. The maximum atomic E-state index is 9.77. The van der Waals surface area contributed by atoms with Gasteiger partial charge < -0.3 is 6.58 Å². The summed E-state index contributed by atoms with van der Waals surface area (Å²) >= 11 is 0. The van der Waals surface area contributed by atoms with Crippen LogP contribution in [-0.4, -0.2) is 0 Å². The summed E-state index contributed by atoms with van der Waals surface area (Å²) in [6.45, 7) is 7.28. The molecule has 0 saturated carbocycles. The van der Waals surface area contributed by atoms with E-state index in [9.17, 15) is 37.8 Å². The first-order chi connectivity index (χ1) is 9.11. The molecule has 13 heteroatoms. The smallest absolute Gasteiger partial charge is 0.518 e. The molecule has 0 atom stereocenters. The van der Waals surface area contributed by atoms with Crippen LogP contribution >= 0.6 is 26.6 Å². The van der Waals surface area contributed by atoms with E-state index < -0.39 is 26.6 Å². The summed E-state index contributed by atoms with van der Waals surface area (Å²) in [7, 11) is -13.1. The monoisotopic (exact) mass is 478 g/mol. The van der Waals surface area contributed by atoms with Gasteiger partial charge in [0.2, 0.25) is 0 Å². The van der Waals surface area contributed by atoms with Crippen molar-refractivity contribution >= 4 is 26.6 Å². The van der Waals surface area contributed by atoms with Gasteiger partial charge >= 0.3 is 46.0 Å². The first-order valence-electron chi connectivity index (χ1n) is 4.80. The second-order valence-corrected chi connectivity index (χ2v) is 3.62. The summed E-state index contributed by atoms with van der Waals surface area (Å²) in [6.07, 6.45) is 9.22. The Morgan fingerprint density at radius 3 is 1.19 bits per heavy atom. The third-order valence-electron chi connectivity index (χ3n) is 0.902. The minimum atomic E-state index is -4.38. The molecule has 0 aliphatic heterocycles. The average molecular weight is 477 g/mol. The number of hydrogen-bond donors (Lipinski definition) is 0. The standard InChI is InChI=1S/C8H13.3F3HP.Ru/c1-3-5-7-8-6-4-2;3*1-4(2)3;/h1,3,6,8H,4-5,7H2,2H3;3*4H;/q-1;4*+1. The van der Waals surface area contributed by atoms with Crippen LogP contribution in [0.15, 0.2) is 18.2 Å². The molecule has 0 rings (SSSR count). The van der Waals surface area contributed by atoms with Crippen molar-refractivity contribution in [2.24, 2.45) is 0 Å². The molecule has 21 heavy (non-hydrogen) atoms. The van der Waals surface area contributed by atoms with Crippen LogP contribution in [0.1, 0.15) is 26.2 Å². The number of unbranched alkanes of at least 4 members (excludes halogenated alkanes) is 1. The summed E-state index contributed by atoms with van der Waals surface area (Å²) in [5.41, 5.74) is 0. The Hall–Kier alpha value is 0.763. The Labute approximate surface area is 135 Å².